The van der Waals surface area contributed by atoms with Gasteiger partial charge in [0.15, 0.2) is 5.11 Å². The summed E-state index contributed by atoms with van der Waals surface area (Å²) in [6, 6.07) is 26.2. The van der Waals surface area contributed by atoms with E-state index in [1.165, 1.54) is 12.1 Å². The molecule has 0 radical (unpaired) electrons. The van der Waals surface area contributed by atoms with Crippen LogP contribution in [0.15, 0.2) is 90.6 Å². The number of hydrogen-bond donors (Lipinski definition) is 1. The lowest BCUT2D eigenvalue weighted by Gasteiger charge is -2.23. The van der Waals surface area contributed by atoms with Crippen molar-refractivity contribution in [1.29, 1.82) is 0 Å². The number of halogens is 1. The fourth-order valence-corrected chi connectivity index (χ4v) is 4.63. The molecule has 33 heavy (non-hydrogen) atoms. The normalized spacial score (nSPS) is 15.9. The van der Waals surface area contributed by atoms with E-state index >= 15 is 0 Å². The van der Waals surface area contributed by atoms with E-state index in [0.29, 0.717) is 17.4 Å². The maximum absolute atomic E-state index is 13.8. The van der Waals surface area contributed by atoms with E-state index in [1.54, 1.807) is 11.0 Å². The highest BCUT2D eigenvalue weighted by molar-refractivity contribution is 7.80. The molecule has 1 fully saturated rings. The molecule has 1 aliphatic heterocycles. The Morgan fingerprint density at radius 3 is 2.55 bits per heavy atom. The van der Waals surface area contributed by atoms with Gasteiger partial charge in [-0.2, -0.15) is 0 Å². The number of hydrogen-bond acceptors (Lipinski definition) is 2. The highest BCUT2D eigenvalue weighted by atomic mass is 32.1. The third kappa shape index (κ3) is 4.05. The van der Waals surface area contributed by atoms with Crippen molar-refractivity contribution in [2.45, 2.75) is 19.5 Å². The van der Waals surface area contributed by atoms with Crippen LogP contribution in [0.25, 0.3) is 17.0 Å². The van der Waals surface area contributed by atoms with Crippen molar-refractivity contribution in [2.75, 3.05) is 0 Å². The van der Waals surface area contributed by atoms with Gasteiger partial charge in [-0.15, -0.1) is 0 Å². The Hall–Kier alpha value is -3.77. The average molecular weight is 456 g/mol. The average Bonchev–Trinajstić information content (AvgIpc) is 3.30. The van der Waals surface area contributed by atoms with E-state index in [4.69, 9.17) is 12.2 Å². The molecule has 6 heteroatoms. The topological polar surface area (TPSA) is 37.3 Å². The van der Waals surface area contributed by atoms with Gasteiger partial charge in [0.25, 0.3) is 5.91 Å². The maximum atomic E-state index is 13.8. The summed E-state index contributed by atoms with van der Waals surface area (Å²) in [5.74, 6) is -0.439. The van der Waals surface area contributed by atoms with Crippen molar-refractivity contribution in [2.24, 2.45) is 0 Å². The third-order valence-corrected chi connectivity index (χ3v) is 6.24. The molecule has 164 valence electrons. The predicted octanol–water partition coefficient (Wildman–Crippen LogP) is 5.65. The largest absolute Gasteiger partial charge is 0.336 e. The quantitative estimate of drug-likeness (QED) is 0.312. The van der Waals surface area contributed by atoms with Gasteiger partial charge in [-0.3, -0.25) is 9.69 Å². The number of benzene rings is 3. The second-order valence-corrected chi connectivity index (χ2v) is 8.48. The number of aromatic nitrogens is 1. The molecule has 1 aliphatic rings. The van der Waals surface area contributed by atoms with Crippen LogP contribution in [0.3, 0.4) is 0 Å². The monoisotopic (exact) mass is 455 g/mol. The molecule has 1 unspecified atom stereocenters. The predicted molar refractivity (Wildman–Crippen MR) is 133 cm³/mol. The van der Waals surface area contributed by atoms with Crippen LogP contribution in [-0.2, 0) is 11.3 Å². The molecule has 2 heterocycles. The van der Waals surface area contributed by atoms with Gasteiger partial charge in [0.1, 0.15) is 11.5 Å². The van der Waals surface area contributed by atoms with Gasteiger partial charge >= 0.3 is 0 Å². The van der Waals surface area contributed by atoms with Crippen LogP contribution in [-0.4, -0.2) is 20.5 Å². The molecule has 1 amide bonds. The molecule has 1 aromatic heterocycles. The summed E-state index contributed by atoms with van der Waals surface area (Å²) in [7, 11) is 0. The lowest BCUT2D eigenvalue weighted by atomic mass is 10.1. The lowest BCUT2D eigenvalue weighted by Crippen LogP contribution is -2.33. The van der Waals surface area contributed by atoms with Gasteiger partial charge < -0.3 is 9.88 Å². The first-order valence-corrected chi connectivity index (χ1v) is 11.2. The Bertz CT molecular complexity index is 1390. The lowest BCUT2D eigenvalue weighted by molar-refractivity contribution is -0.123. The first-order chi connectivity index (χ1) is 16.0. The van der Waals surface area contributed by atoms with Crippen LogP contribution in [0.2, 0.25) is 0 Å². The van der Waals surface area contributed by atoms with Crippen molar-refractivity contribution in [1.82, 2.24) is 14.8 Å². The van der Waals surface area contributed by atoms with E-state index in [2.05, 4.69) is 9.88 Å². The van der Waals surface area contributed by atoms with Crippen LogP contribution in [0.1, 0.15) is 29.8 Å². The van der Waals surface area contributed by atoms with Gasteiger partial charge in [0.05, 0.1) is 6.04 Å². The van der Waals surface area contributed by atoms with Crippen molar-refractivity contribution >= 4 is 40.2 Å². The molecule has 4 aromatic rings. The van der Waals surface area contributed by atoms with E-state index in [0.717, 1.165) is 27.7 Å². The van der Waals surface area contributed by atoms with Gasteiger partial charge in [-0.05, 0) is 60.6 Å². The number of nitrogens with zero attached hydrogens (tertiary/aromatic N) is 2. The highest BCUT2D eigenvalue weighted by Crippen LogP contribution is 2.28. The number of rotatable bonds is 5. The summed E-state index contributed by atoms with van der Waals surface area (Å²) >= 11 is 5.51. The first kappa shape index (κ1) is 21.1. The Labute approximate surface area is 197 Å². The summed E-state index contributed by atoms with van der Waals surface area (Å²) in [6.45, 7) is 2.44. The molecule has 0 bridgehead atoms. The molecule has 1 N–H and O–H groups in total. The SMILES string of the molecule is CC(c1ccccc1)N1C(=O)/C(=C/c2cc3ccccc3n2Cc2cccc(F)c2)NC1=S. The number of thiocarbonyl (C=S) groups is 1. The zero-order chi connectivity index (χ0) is 22.9. The Kier molecular flexibility index (Phi) is 5.52. The summed E-state index contributed by atoms with van der Waals surface area (Å²) < 4.78 is 15.9. The molecule has 1 saturated heterocycles. The number of nitrogens with one attached hydrogen (secondary N) is 1. The highest BCUT2D eigenvalue weighted by Gasteiger charge is 2.35. The van der Waals surface area contributed by atoms with Crippen LogP contribution in [0.4, 0.5) is 4.39 Å². The van der Waals surface area contributed by atoms with Gasteiger partial charge in [-0.25, -0.2) is 4.39 Å². The number of carbonyl (C=O) groups is 1. The number of para-hydroxylation sites is 1. The fraction of sp³-hybridized carbons (Fsp3) is 0.111. The summed E-state index contributed by atoms with van der Waals surface area (Å²) in [5, 5.41) is 4.52. The van der Waals surface area contributed by atoms with Crippen molar-refractivity contribution in [3.63, 3.8) is 0 Å². The molecular formula is C27H22FN3OS. The van der Waals surface area contributed by atoms with Gasteiger partial charge in [0.2, 0.25) is 0 Å². The van der Waals surface area contributed by atoms with Crippen LogP contribution < -0.4 is 5.32 Å². The third-order valence-electron chi connectivity index (χ3n) is 5.94. The number of fused-ring (bicyclic) bond motifs is 1. The Morgan fingerprint density at radius 1 is 1.00 bits per heavy atom. The summed E-state index contributed by atoms with van der Waals surface area (Å²) in [5.41, 5.74) is 4.13. The molecule has 1 atom stereocenters. The van der Waals surface area contributed by atoms with Crippen molar-refractivity contribution < 1.29 is 9.18 Å². The summed E-state index contributed by atoms with van der Waals surface area (Å²) in [4.78, 5) is 14.9. The zero-order valence-corrected chi connectivity index (χ0v) is 18.9. The molecule has 0 saturated carbocycles. The molecular weight excluding hydrogens is 433 g/mol. The maximum Gasteiger partial charge on any atom is 0.277 e. The van der Waals surface area contributed by atoms with Crippen molar-refractivity contribution in [3.8, 4) is 0 Å². The molecule has 3 aromatic carbocycles. The second-order valence-electron chi connectivity index (χ2n) is 8.09. The summed E-state index contributed by atoms with van der Waals surface area (Å²) in [6.07, 6.45) is 1.83. The Morgan fingerprint density at radius 2 is 1.76 bits per heavy atom. The van der Waals surface area contributed by atoms with E-state index in [-0.39, 0.29) is 17.8 Å². The van der Waals surface area contributed by atoms with Crippen LogP contribution in [0.5, 0.6) is 0 Å². The molecule has 4 nitrogen and oxygen atoms in total. The van der Waals surface area contributed by atoms with Crippen LogP contribution >= 0.6 is 12.2 Å². The molecule has 5 rings (SSSR count). The second kappa shape index (κ2) is 8.64. The minimum Gasteiger partial charge on any atom is -0.336 e. The smallest absolute Gasteiger partial charge is 0.277 e. The standard InChI is InChI=1S/C27H22FN3OS/c1-18(20-9-3-2-4-10-20)31-26(32)24(29-27(31)33)16-23-15-21-11-5-6-13-25(21)30(23)17-19-8-7-12-22(28)14-19/h2-16,18H,17H2,1H3,(H,29,33)/b24-16-. The van der Waals surface area contributed by atoms with Gasteiger partial charge in [-0.1, -0.05) is 60.7 Å². The molecule has 0 aliphatic carbocycles. The van der Waals surface area contributed by atoms with Crippen molar-refractivity contribution in [3.05, 3.63) is 113 Å². The minimum atomic E-state index is -0.271. The Balaban J connectivity index is 1.52. The zero-order valence-electron chi connectivity index (χ0n) is 18.0. The molecule has 0 spiro atoms. The van der Waals surface area contributed by atoms with E-state index in [9.17, 15) is 9.18 Å². The van der Waals surface area contributed by atoms with E-state index < -0.39 is 0 Å². The minimum absolute atomic E-state index is 0.168. The van der Waals surface area contributed by atoms with Gasteiger partial charge in [0, 0.05) is 23.1 Å². The van der Waals surface area contributed by atoms with Crippen LogP contribution in [0, 0.1) is 5.82 Å². The van der Waals surface area contributed by atoms with E-state index in [1.807, 2.05) is 79.7 Å². The first-order valence-electron chi connectivity index (χ1n) is 10.7. The number of carbonyl (C=O) groups excluding carboxylic acids is 1. The fourth-order valence-electron chi connectivity index (χ4n) is 4.27. The number of amides is 1.